The molecule has 0 aliphatic heterocycles. The molecule has 0 bridgehead atoms. The first kappa shape index (κ1) is 12.5. The molecule has 0 spiro atoms. The fourth-order valence-electron chi connectivity index (χ4n) is 0.727. The molecule has 0 unspecified atom stereocenters. The molecule has 0 atom stereocenters. The molecule has 1 rings (SSSR count). The number of hydrogen-bond donors (Lipinski definition) is 0. The van der Waals surface area contributed by atoms with Gasteiger partial charge in [-0.2, -0.15) is 0 Å². The predicted octanol–water partition coefficient (Wildman–Crippen LogP) is -2.94. The van der Waals surface area contributed by atoms with Crippen LogP contribution in [0.2, 0.25) is 0 Å². The van der Waals surface area contributed by atoms with E-state index in [0.717, 1.165) is 0 Å². The summed E-state index contributed by atoms with van der Waals surface area (Å²) in [5.41, 5.74) is 0.158. The molecule has 0 saturated heterocycles. The number of carbonyl (C=O) groups excluding carboxylic acids is 1. The van der Waals surface area contributed by atoms with Gasteiger partial charge in [-0.15, -0.1) is 0 Å². The number of carboxylic acids is 1. The minimum atomic E-state index is -1.17. The summed E-state index contributed by atoms with van der Waals surface area (Å²) in [5.74, 6) is -0.539. The summed E-state index contributed by atoms with van der Waals surface area (Å²) in [6, 6.07) is 6.03. The Hall–Kier alpha value is 0.542. The van der Waals surface area contributed by atoms with Crippen LogP contribution in [-0.4, -0.2) is 13.1 Å². The van der Waals surface area contributed by atoms with Gasteiger partial charge < -0.3 is 14.6 Å². The molecular weight excluding hydrogens is 277 g/mol. The first-order valence-corrected chi connectivity index (χ1v) is 3.09. The van der Waals surface area contributed by atoms with Gasteiger partial charge in [0.05, 0.1) is 13.1 Å². The van der Waals surface area contributed by atoms with E-state index in [4.69, 9.17) is 4.74 Å². The number of carbonyl (C=O) groups is 1. The second kappa shape index (κ2) is 6.07. The fourth-order valence-corrected chi connectivity index (χ4v) is 0.727. The van der Waals surface area contributed by atoms with Crippen molar-refractivity contribution in [2.24, 2.45) is 0 Å². The van der Waals surface area contributed by atoms with E-state index < -0.39 is 5.97 Å². The normalized spacial score (nSPS) is 8.42. The van der Waals surface area contributed by atoms with E-state index >= 15 is 0 Å². The number of methoxy groups -OCH3 is 1. The molecule has 0 aromatic heterocycles. The van der Waals surface area contributed by atoms with Crippen LogP contribution in [0.15, 0.2) is 24.3 Å². The largest absolute Gasteiger partial charge is 1.00 e. The van der Waals surface area contributed by atoms with Crippen LogP contribution in [0, 0.1) is 0 Å². The molecule has 0 aliphatic carbocycles. The van der Waals surface area contributed by atoms with E-state index in [2.05, 4.69) is 0 Å². The van der Waals surface area contributed by atoms with Gasteiger partial charge in [0.2, 0.25) is 0 Å². The third-order valence-electron chi connectivity index (χ3n) is 1.33. The first-order chi connectivity index (χ1) is 5.24. The van der Waals surface area contributed by atoms with Crippen molar-refractivity contribution < 1.29 is 83.5 Å². The molecule has 4 heteroatoms. The minimum absolute atomic E-state index is 0. The first-order valence-electron chi connectivity index (χ1n) is 3.09. The number of carboxylic acid groups (broad SMARTS) is 1. The Kier molecular flexibility index (Phi) is 6.34. The van der Waals surface area contributed by atoms with E-state index in [0.29, 0.717) is 5.75 Å². The molecule has 0 aliphatic rings. The topological polar surface area (TPSA) is 49.4 Å². The summed E-state index contributed by atoms with van der Waals surface area (Å²) < 4.78 is 4.84. The monoisotopic (exact) mass is 284 g/mol. The van der Waals surface area contributed by atoms with Crippen LogP contribution in [0.25, 0.3) is 0 Å². The molecule has 0 heterocycles. The van der Waals surface area contributed by atoms with Gasteiger partial charge in [-0.1, -0.05) is 0 Å². The number of ether oxygens (including phenoxy) is 1. The smallest absolute Gasteiger partial charge is 0.545 e. The fraction of sp³-hybridized carbons (Fsp3) is 0.125. The summed E-state index contributed by atoms with van der Waals surface area (Å²) >= 11 is 0. The molecular formula is C8H7CsO3. The Morgan fingerprint density at radius 1 is 1.33 bits per heavy atom. The average Bonchev–Trinajstić information content (AvgIpc) is 2.05. The molecule has 0 N–H and O–H groups in total. The van der Waals surface area contributed by atoms with Gasteiger partial charge >= 0.3 is 68.9 Å². The van der Waals surface area contributed by atoms with Gasteiger partial charge in [-0.3, -0.25) is 0 Å². The van der Waals surface area contributed by atoms with Crippen molar-refractivity contribution in [1.29, 1.82) is 0 Å². The van der Waals surface area contributed by atoms with Gasteiger partial charge in [-0.25, -0.2) is 0 Å². The quantitative estimate of drug-likeness (QED) is 0.584. The van der Waals surface area contributed by atoms with Crippen molar-refractivity contribution in [3.8, 4) is 5.75 Å². The Labute approximate surface area is 130 Å². The Balaban J connectivity index is 0.00000121. The van der Waals surface area contributed by atoms with Crippen molar-refractivity contribution in [2.75, 3.05) is 7.11 Å². The number of aromatic carboxylic acids is 1. The van der Waals surface area contributed by atoms with Crippen LogP contribution in [0.4, 0.5) is 0 Å². The van der Waals surface area contributed by atoms with Crippen molar-refractivity contribution >= 4 is 5.97 Å². The van der Waals surface area contributed by atoms with Crippen LogP contribution in [0.3, 0.4) is 0 Å². The molecule has 12 heavy (non-hydrogen) atoms. The zero-order valence-corrected chi connectivity index (χ0v) is 13.3. The third-order valence-corrected chi connectivity index (χ3v) is 1.33. The second-order valence-electron chi connectivity index (χ2n) is 2.02. The van der Waals surface area contributed by atoms with E-state index in [1.807, 2.05) is 0 Å². The van der Waals surface area contributed by atoms with Crippen LogP contribution >= 0.6 is 0 Å². The van der Waals surface area contributed by atoms with Gasteiger partial charge in [0.1, 0.15) is 5.75 Å². The van der Waals surface area contributed by atoms with E-state index in [1.165, 1.54) is 19.2 Å². The van der Waals surface area contributed by atoms with E-state index in [9.17, 15) is 9.90 Å². The maximum Gasteiger partial charge on any atom is 1.00 e. The Morgan fingerprint density at radius 2 is 1.83 bits per heavy atom. The minimum Gasteiger partial charge on any atom is -0.545 e. The Morgan fingerprint density at radius 3 is 2.17 bits per heavy atom. The van der Waals surface area contributed by atoms with Crippen molar-refractivity contribution in [3.63, 3.8) is 0 Å². The maximum atomic E-state index is 10.2. The molecule has 3 nitrogen and oxygen atoms in total. The summed E-state index contributed by atoms with van der Waals surface area (Å²) in [7, 11) is 1.52. The molecule has 0 saturated carbocycles. The second-order valence-corrected chi connectivity index (χ2v) is 2.02. The molecule has 0 radical (unpaired) electrons. The summed E-state index contributed by atoms with van der Waals surface area (Å²) in [5, 5.41) is 10.2. The Bertz CT molecular complexity index is 256. The van der Waals surface area contributed by atoms with E-state index in [-0.39, 0.29) is 74.5 Å². The number of hydrogen-bond acceptors (Lipinski definition) is 3. The SMILES string of the molecule is COc1ccc(C(=O)[O-])cc1.[Cs+]. The van der Waals surface area contributed by atoms with Gasteiger partial charge in [0, 0.05) is 0 Å². The summed E-state index contributed by atoms with van der Waals surface area (Å²) in [4.78, 5) is 10.2. The zero-order chi connectivity index (χ0) is 8.27. The zero-order valence-electron chi connectivity index (χ0n) is 7.03. The standard InChI is InChI=1S/C8H8O3.Cs/c1-11-7-4-2-6(3-5-7)8(9)10;/h2-5H,1H3,(H,9,10);/q;+1/p-1. The predicted molar refractivity (Wildman–Crippen MR) is 37.3 cm³/mol. The molecule has 0 fully saturated rings. The number of benzene rings is 1. The summed E-state index contributed by atoms with van der Waals surface area (Å²) in [6.07, 6.45) is 0. The maximum absolute atomic E-state index is 10.2. The van der Waals surface area contributed by atoms with Crippen LogP contribution < -0.4 is 78.7 Å². The third kappa shape index (κ3) is 3.51. The van der Waals surface area contributed by atoms with Gasteiger partial charge in [0.25, 0.3) is 0 Å². The van der Waals surface area contributed by atoms with Gasteiger partial charge in [-0.05, 0) is 29.8 Å². The molecule has 58 valence electrons. The van der Waals surface area contributed by atoms with Crippen LogP contribution in [-0.2, 0) is 0 Å². The number of rotatable bonds is 2. The van der Waals surface area contributed by atoms with Crippen molar-refractivity contribution in [3.05, 3.63) is 29.8 Å². The van der Waals surface area contributed by atoms with Crippen LogP contribution in [0.1, 0.15) is 10.4 Å². The average molecular weight is 284 g/mol. The van der Waals surface area contributed by atoms with Gasteiger partial charge in [0.15, 0.2) is 0 Å². The molecule has 0 amide bonds. The van der Waals surface area contributed by atoms with Crippen molar-refractivity contribution in [2.45, 2.75) is 0 Å². The summed E-state index contributed by atoms with van der Waals surface area (Å²) in [6.45, 7) is 0. The van der Waals surface area contributed by atoms with Crippen molar-refractivity contribution in [1.82, 2.24) is 0 Å². The molecule has 1 aromatic rings. The van der Waals surface area contributed by atoms with E-state index in [1.54, 1.807) is 12.1 Å². The molecule has 1 aromatic carbocycles. The van der Waals surface area contributed by atoms with Crippen LogP contribution in [0.5, 0.6) is 5.75 Å².